The molecule has 3 nitrogen and oxygen atoms in total. The first-order valence-corrected chi connectivity index (χ1v) is 4.63. The Kier molecular flexibility index (Phi) is 4.07. The number of carboxylic acid groups (broad SMARTS) is 1. The van der Waals surface area contributed by atoms with Crippen molar-refractivity contribution in [1.29, 1.82) is 0 Å². The van der Waals surface area contributed by atoms with E-state index in [9.17, 15) is 4.79 Å². The molecule has 4 heteroatoms. The molecule has 0 radical (unpaired) electrons. The second-order valence-electron chi connectivity index (χ2n) is 3.61. The lowest BCUT2D eigenvalue weighted by atomic mass is 9.97. The van der Waals surface area contributed by atoms with E-state index < -0.39 is 5.97 Å². The van der Waals surface area contributed by atoms with E-state index in [0.717, 1.165) is 22.9 Å². The molecule has 74 valence electrons. The topological polar surface area (TPSA) is 63.3 Å². The second-order valence-corrected chi connectivity index (χ2v) is 4.75. The summed E-state index contributed by atoms with van der Waals surface area (Å²) in [6, 6.07) is 0. The van der Waals surface area contributed by atoms with Crippen LogP contribution in [0.1, 0.15) is 20.8 Å². The Hall–Kier alpha value is -0.900. The highest BCUT2D eigenvalue weighted by molar-refractivity contribution is 8.07. The Bertz CT molecular complexity index is 251. The lowest BCUT2D eigenvalue weighted by molar-refractivity contribution is -0.131. The molecular weight excluding hydrogens is 186 g/mol. The normalized spacial score (nSPS) is 12.7. The van der Waals surface area contributed by atoms with Crippen LogP contribution in [0.5, 0.6) is 0 Å². The van der Waals surface area contributed by atoms with Gasteiger partial charge in [-0.1, -0.05) is 39.1 Å². The van der Waals surface area contributed by atoms with E-state index in [1.54, 1.807) is 0 Å². The molecule has 0 bridgehead atoms. The molecule has 0 saturated carbocycles. The van der Waals surface area contributed by atoms with E-state index in [1.807, 2.05) is 20.8 Å². The first kappa shape index (κ1) is 12.1. The lowest BCUT2D eigenvalue weighted by Crippen LogP contribution is -2.08. The Morgan fingerprint density at radius 2 is 2.00 bits per heavy atom. The summed E-state index contributed by atoms with van der Waals surface area (Å²) in [5.74, 6) is -1.02. The van der Waals surface area contributed by atoms with Crippen molar-refractivity contribution in [2.45, 2.75) is 20.8 Å². The van der Waals surface area contributed by atoms with Crippen LogP contribution < -0.4 is 5.73 Å². The van der Waals surface area contributed by atoms with E-state index in [0.29, 0.717) is 0 Å². The third-order valence-corrected chi connectivity index (χ3v) is 2.82. The molecule has 0 aromatic heterocycles. The summed E-state index contributed by atoms with van der Waals surface area (Å²) < 4.78 is 0. The molecule has 0 aliphatic rings. The fraction of sp³-hybridized carbons (Fsp3) is 0.444. The maximum Gasteiger partial charge on any atom is 0.344 e. The van der Waals surface area contributed by atoms with Crippen molar-refractivity contribution in [3.05, 3.63) is 22.6 Å². The Labute approximate surface area is 82.7 Å². The van der Waals surface area contributed by atoms with E-state index in [2.05, 4.69) is 6.58 Å². The van der Waals surface area contributed by atoms with Crippen LogP contribution in [0.4, 0.5) is 0 Å². The fourth-order valence-electron chi connectivity index (χ4n) is 0.435. The highest BCUT2D eigenvalue weighted by Gasteiger charge is 2.19. The molecule has 0 spiro atoms. The zero-order valence-corrected chi connectivity index (χ0v) is 8.94. The molecule has 0 aliphatic carbocycles. The number of rotatable bonds is 3. The minimum atomic E-state index is -1.02. The van der Waals surface area contributed by atoms with E-state index >= 15 is 0 Å². The van der Waals surface area contributed by atoms with Crippen molar-refractivity contribution in [1.82, 2.24) is 0 Å². The largest absolute Gasteiger partial charge is 0.477 e. The zero-order valence-electron chi connectivity index (χ0n) is 8.13. The average molecular weight is 201 g/mol. The minimum absolute atomic E-state index is 0.111. The van der Waals surface area contributed by atoms with Crippen LogP contribution in [-0.2, 0) is 4.79 Å². The van der Waals surface area contributed by atoms with E-state index in [1.165, 1.54) is 0 Å². The average Bonchev–Trinajstić information content (AvgIpc) is 1.96. The zero-order chi connectivity index (χ0) is 10.6. The standard InChI is InChI=1S/C9H15NO2S/c1-6(9(2,3)4)13-7(5-10)8(11)12/h5H,1,10H2,2-4H3,(H,11,12)/b7-5-. The second kappa shape index (κ2) is 4.37. The Balaban J connectivity index is 4.46. The summed E-state index contributed by atoms with van der Waals surface area (Å²) >= 11 is 1.10. The van der Waals surface area contributed by atoms with Crippen molar-refractivity contribution in [2.24, 2.45) is 11.1 Å². The van der Waals surface area contributed by atoms with Gasteiger partial charge < -0.3 is 10.8 Å². The van der Waals surface area contributed by atoms with Gasteiger partial charge in [0.1, 0.15) is 4.91 Å². The van der Waals surface area contributed by atoms with Crippen molar-refractivity contribution in [2.75, 3.05) is 0 Å². The van der Waals surface area contributed by atoms with Crippen LogP contribution in [-0.4, -0.2) is 11.1 Å². The molecule has 3 N–H and O–H groups in total. The summed E-state index contributed by atoms with van der Waals surface area (Å²) in [7, 11) is 0. The summed E-state index contributed by atoms with van der Waals surface area (Å²) in [5.41, 5.74) is 5.04. The molecule has 0 aliphatic heterocycles. The van der Waals surface area contributed by atoms with Gasteiger partial charge in [-0.15, -0.1) is 0 Å². The Morgan fingerprint density at radius 1 is 1.54 bits per heavy atom. The maximum atomic E-state index is 10.6. The third kappa shape index (κ3) is 4.03. The van der Waals surface area contributed by atoms with Crippen LogP contribution in [0.25, 0.3) is 0 Å². The quantitative estimate of drug-likeness (QED) is 0.687. The van der Waals surface area contributed by atoms with E-state index in [4.69, 9.17) is 10.8 Å². The van der Waals surface area contributed by atoms with Crippen LogP contribution in [0.2, 0.25) is 0 Å². The minimum Gasteiger partial charge on any atom is -0.477 e. The maximum absolute atomic E-state index is 10.6. The summed E-state index contributed by atoms with van der Waals surface area (Å²) in [6.45, 7) is 9.71. The molecule has 0 unspecified atom stereocenters. The molecule has 0 rings (SSSR count). The van der Waals surface area contributed by atoms with Crippen molar-refractivity contribution in [3.8, 4) is 0 Å². The summed E-state index contributed by atoms with van der Waals surface area (Å²) in [5, 5.41) is 8.68. The van der Waals surface area contributed by atoms with Gasteiger partial charge in [0.15, 0.2) is 0 Å². The number of hydrogen-bond acceptors (Lipinski definition) is 3. The first-order chi connectivity index (χ1) is 5.79. The smallest absolute Gasteiger partial charge is 0.344 e. The highest BCUT2D eigenvalue weighted by atomic mass is 32.2. The van der Waals surface area contributed by atoms with Crippen molar-refractivity contribution >= 4 is 17.7 Å². The number of hydrogen-bond donors (Lipinski definition) is 2. The molecule has 0 aromatic rings. The van der Waals surface area contributed by atoms with Gasteiger partial charge in [0.05, 0.1) is 0 Å². The molecule has 0 fully saturated rings. The van der Waals surface area contributed by atoms with Gasteiger partial charge in [-0.05, 0) is 10.3 Å². The van der Waals surface area contributed by atoms with Crippen LogP contribution in [0.15, 0.2) is 22.6 Å². The number of allylic oxidation sites excluding steroid dienone is 1. The third-order valence-electron chi connectivity index (χ3n) is 1.43. The van der Waals surface area contributed by atoms with Crippen LogP contribution >= 0.6 is 11.8 Å². The molecular formula is C9H15NO2S. The number of carboxylic acids is 1. The van der Waals surface area contributed by atoms with Gasteiger partial charge in [-0.3, -0.25) is 0 Å². The lowest BCUT2D eigenvalue weighted by Gasteiger charge is -2.20. The summed E-state index contributed by atoms with van der Waals surface area (Å²) in [6.07, 6.45) is 1.09. The van der Waals surface area contributed by atoms with Gasteiger partial charge in [-0.25, -0.2) is 4.79 Å². The van der Waals surface area contributed by atoms with Crippen LogP contribution in [0.3, 0.4) is 0 Å². The molecule has 0 aromatic carbocycles. The number of aliphatic carboxylic acids is 1. The number of nitrogens with two attached hydrogens (primary N) is 1. The van der Waals surface area contributed by atoms with Gasteiger partial charge in [0.25, 0.3) is 0 Å². The fourth-order valence-corrected chi connectivity index (χ4v) is 1.16. The molecule has 0 heterocycles. The number of carbonyl (C=O) groups is 1. The van der Waals surface area contributed by atoms with Crippen LogP contribution in [0, 0.1) is 5.41 Å². The molecule has 0 atom stereocenters. The monoisotopic (exact) mass is 201 g/mol. The molecule has 0 amide bonds. The highest BCUT2D eigenvalue weighted by Crippen LogP contribution is 2.36. The van der Waals surface area contributed by atoms with Gasteiger partial charge >= 0.3 is 5.97 Å². The van der Waals surface area contributed by atoms with Gasteiger partial charge in [0, 0.05) is 6.20 Å². The van der Waals surface area contributed by atoms with Crippen molar-refractivity contribution in [3.63, 3.8) is 0 Å². The first-order valence-electron chi connectivity index (χ1n) is 3.81. The number of thioether (sulfide) groups is 1. The molecule has 13 heavy (non-hydrogen) atoms. The van der Waals surface area contributed by atoms with E-state index in [-0.39, 0.29) is 10.3 Å². The van der Waals surface area contributed by atoms with Crippen molar-refractivity contribution < 1.29 is 9.90 Å². The predicted octanol–water partition coefficient (Wildman–Crippen LogP) is 2.16. The molecule has 0 saturated heterocycles. The summed E-state index contributed by atoms with van der Waals surface area (Å²) in [4.78, 5) is 11.5. The van der Waals surface area contributed by atoms with Gasteiger partial charge in [-0.2, -0.15) is 0 Å². The van der Waals surface area contributed by atoms with Gasteiger partial charge in [0.2, 0.25) is 0 Å². The Morgan fingerprint density at radius 3 is 2.23 bits per heavy atom. The SMILES string of the molecule is C=C(S/C(=C\N)C(=O)O)C(C)(C)C. The predicted molar refractivity (Wildman–Crippen MR) is 56.1 cm³/mol.